The zero-order valence-corrected chi connectivity index (χ0v) is 15.6. The third-order valence-electron chi connectivity index (χ3n) is 6.23. The van der Waals surface area contributed by atoms with Crippen molar-refractivity contribution in [2.24, 2.45) is 17.8 Å². The van der Waals surface area contributed by atoms with Crippen molar-refractivity contribution in [2.45, 2.75) is 6.42 Å². The number of hydrogen-bond acceptors (Lipinski definition) is 5. The molecule has 28 heavy (non-hydrogen) atoms. The molecule has 6 nitrogen and oxygen atoms in total. The van der Waals surface area contributed by atoms with Gasteiger partial charge in [0.1, 0.15) is 24.2 Å². The maximum Gasteiger partial charge on any atom is 0.229 e. The number of pyridine rings is 1. The summed E-state index contributed by atoms with van der Waals surface area (Å²) in [6.07, 6.45) is 2.39. The standard InChI is InChI=1S/C22H22N4O2/c23-8-15-5-6-21(24-9-15)25-10-18-12-26(13-19(18)11-25)22(27)17-7-16-3-1-2-4-20(16)28-14-17/h1-6,9,17-19H,7,10-14H2. The van der Waals surface area contributed by atoms with E-state index < -0.39 is 0 Å². The van der Waals surface area contributed by atoms with Crippen molar-refractivity contribution in [1.82, 2.24) is 9.88 Å². The lowest BCUT2D eigenvalue weighted by Gasteiger charge is -2.29. The summed E-state index contributed by atoms with van der Waals surface area (Å²) in [5.41, 5.74) is 1.71. The zero-order valence-electron chi connectivity index (χ0n) is 15.6. The van der Waals surface area contributed by atoms with Gasteiger partial charge in [0, 0.05) is 44.2 Å². The number of para-hydroxylation sites is 1. The molecule has 0 saturated carbocycles. The molecule has 1 aromatic carbocycles. The van der Waals surface area contributed by atoms with Gasteiger partial charge in [0.15, 0.2) is 0 Å². The van der Waals surface area contributed by atoms with Crippen LogP contribution < -0.4 is 9.64 Å². The Kier molecular flexibility index (Phi) is 4.16. The molecule has 142 valence electrons. The molecule has 4 heterocycles. The molecule has 0 bridgehead atoms. The largest absolute Gasteiger partial charge is 0.492 e. The third kappa shape index (κ3) is 2.97. The summed E-state index contributed by atoms with van der Waals surface area (Å²) in [7, 11) is 0. The van der Waals surface area contributed by atoms with Gasteiger partial charge in [-0.3, -0.25) is 4.79 Å². The number of benzene rings is 1. The van der Waals surface area contributed by atoms with Crippen molar-refractivity contribution >= 4 is 11.7 Å². The fourth-order valence-electron chi connectivity index (χ4n) is 4.74. The maximum absolute atomic E-state index is 13.1. The minimum atomic E-state index is -0.0787. The molecule has 3 unspecified atom stereocenters. The smallest absolute Gasteiger partial charge is 0.229 e. The van der Waals surface area contributed by atoms with Crippen molar-refractivity contribution in [3.05, 3.63) is 53.7 Å². The van der Waals surface area contributed by atoms with E-state index in [0.717, 1.165) is 49.7 Å². The molecule has 0 N–H and O–H groups in total. The molecule has 3 aliphatic rings. The second kappa shape index (κ2) is 6.83. The molecule has 3 aliphatic heterocycles. The SMILES string of the molecule is N#Cc1ccc(N2CC3CN(C(=O)C4COc5ccccc5C4)CC3C2)nc1. The number of carbonyl (C=O) groups excluding carboxylic acids is 1. The van der Waals surface area contributed by atoms with E-state index >= 15 is 0 Å². The number of anilines is 1. The Morgan fingerprint density at radius 3 is 2.61 bits per heavy atom. The van der Waals surface area contributed by atoms with Crippen LogP contribution in [-0.4, -0.2) is 48.6 Å². The molecule has 3 atom stereocenters. The summed E-state index contributed by atoms with van der Waals surface area (Å²) >= 11 is 0. The van der Waals surface area contributed by atoms with Crippen molar-refractivity contribution in [3.63, 3.8) is 0 Å². The van der Waals surface area contributed by atoms with Gasteiger partial charge < -0.3 is 14.5 Å². The summed E-state index contributed by atoms with van der Waals surface area (Å²) in [6, 6.07) is 13.8. The Bertz CT molecular complexity index is 922. The Morgan fingerprint density at radius 1 is 1.11 bits per heavy atom. The Labute approximate surface area is 164 Å². The first kappa shape index (κ1) is 17.1. The van der Waals surface area contributed by atoms with E-state index in [1.54, 1.807) is 6.20 Å². The molecule has 1 amide bonds. The minimum Gasteiger partial charge on any atom is -0.492 e. The monoisotopic (exact) mass is 374 g/mol. The van der Waals surface area contributed by atoms with Gasteiger partial charge in [-0.15, -0.1) is 0 Å². The van der Waals surface area contributed by atoms with E-state index in [-0.39, 0.29) is 11.8 Å². The topological polar surface area (TPSA) is 69.5 Å². The summed E-state index contributed by atoms with van der Waals surface area (Å²) in [5, 5.41) is 8.92. The highest BCUT2D eigenvalue weighted by atomic mass is 16.5. The zero-order chi connectivity index (χ0) is 19.1. The predicted octanol–water partition coefficient (Wildman–Crippen LogP) is 2.10. The maximum atomic E-state index is 13.1. The number of aromatic nitrogens is 1. The molecule has 0 radical (unpaired) electrons. The summed E-state index contributed by atoms with van der Waals surface area (Å²) < 4.78 is 5.82. The second-order valence-corrected chi connectivity index (χ2v) is 8.01. The fraction of sp³-hybridized carbons (Fsp3) is 0.409. The molecule has 2 aromatic rings. The highest BCUT2D eigenvalue weighted by Gasteiger charge is 2.43. The number of nitrogens with zero attached hydrogens (tertiary/aromatic N) is 4. The summed E-state index contributed by atoms with van der Waals surface area (Å²) in [5.74, 6) is 2.95. The van der Waals surface area contributed by atoms with Crippen LogP contribution >= 0.6 is 0 Å². The van der Waals surface area contributed by atoms with Gasteiger partial charge >= 0.3 is 0 Å². The average molecular weight is 374 g/mol. The number of carbonyl (C=O) groups is 1. The molecule has 2 fully saturated rings. The highest BCUT2D eigenvalue weighted by Crippen LogP contribution is 2.35. The van der Waals surface area contributed by atoms with Gasteiger partial charge in [0.2, 0.25) is 5.91 Å². The first-order valence-electron chi connectivity index (χ1n) is 9.82. The van der Waals surface area contributed by atoms with Crippen molar-refractivity contribution in [2.75, 3.05) is 37.7 Å². The van der Waals surface area contributed by atoms with E-state index in [1.807, 2.05) is 35.2 Å². The molecule has 6 heteroatoms. The Morgan fingerprint density at radius 2 is 1.89 bits per heavy atom. The predicted molar refractivity (Wildman–Crippen MR) is 104 cm³/mol. The number of amides is 1. The quantitative estimate of drug-likeness (QED) is 0.805. The van der Waals surface area contributed by atoms with E-state index in [4.69, 9.17) is 10.00 Å². The molecule has 0 spiro atoms. The number of nitriles is 1. The van der Waals surface area contributed by atoms with Gasteiger partial charge in [-0.25, -0.2) is 4.98 Å². The first-order valence-corrected chi connectivity index (χ1v) is 9.82. The first-order chi connectivity index (χ1) is 13.7. The number of ether oxygens (including phenoxy) is 1. The number of rotatable bonds is 2. The van der Waals surface area contributed by atoms with Crippen LogP contribution in [0.25, 0.3) is 0 Å². The number of hydrogen-bond donors (Lipinski definition) is 0. The van der Waals surface area contributed by atoms with Gasteiger partial charge in [-0.1, -0.05) is 18.2 Å². The van der Waals surface area contributed by atoms with E-state index in [0.29, 0.717) is 24.0 Å². The number of fused-ring (bicyclic) bond motifs is 2. The molecule has 5 rings (SSSR count). The normalized spacial score (nSPS) is 25.6. The van der Waals surface area contributed by atoms with Crippen LogP contribution in [0.4, 0.5) is 5.82 Å². The van der Waals surface area contributed by atoms with Crippen LogP contribution in [0.5, 0.6) is 5.75 Å². The van der Waals surface area contributed by atoms with Crippen LogP contribution in [-0.2, 0) is 11.2 Å². The highest BCUT2D eigenvalue weighted by molar-refractivity contribution is 5.80. The van der Waals surface area contributed by atoms with Gasteiger partial charge in [-0.05, 0) is 30.2 Å². The summed E-state index contributed by atoms with van der Waals surface area (Å²) in [4.78, 5) is 21.8. The van der Waals surface area contributed by atoms with Crippen LogP contribution in [0, 0.1) is 29.1 Å². The lowest BCUT2D eigenvalue weighted by molar-refractivity contribution is -0.136. The van der Waals surface area contributed by atoms with Gasteiger partial charge in [-0.2, -0.15) is 5.26 Å². The molecule has 2 saturated heterocycles. The molecular formula is C22H22N4O2. The Balaban J connectivity index is 1.21. The van der Waals surface area contributed by atoms with Crippen molar-refractivity contribution in [3.8, 4) is 11.8 Å². The Hall–Kier alpha value is -3.07. The van der Waals surface area contributed by atoms with E-state index in [9.17, 15) is 4.79 Å². The minimum absolute atomic E-state index is 0.0787. The van der Waals surface area contributed by atoms with E-state index in [1.165, 1.54) is 0 Å². The molecule has 1 aromatic heterocycles. The van der Waals surface area contributed by atoms with Crippen molar-refractivity contribution in [1.29, 1.82) is 5.26 Å². The number of likely N-dealkylation sites (tertiary alicyclic amines) is 1. The second-order valence-electron chi connectivity index (χ2n) is 8.01. The van der Waals surface area contributed by atoms with E-state index in [2.05, 4.69) is 22.0 Å². The van der Waals surface area contributed by atoms with Crippen LogP contribution in [0.2, 0.25) is 0 Å². The molecule has 0 aliphatic carbocycles. The fourth-order valence-corrected chi connectivity index (χ4v) is 4.74. The summed E-state index contributed by atoms with van der Waals surface area (Å²) in [6.45, 7) is 3.93. The average Bonchev–Trinajstić information content (AvgIpc) is 3.32. The van der Waals surface area contributed by atoms with Gasteiger partial charge in [0.25, 0.3) is 0 Å². The molecular weight excluding hydrogens is 352 g/mol. The lowest BCUT2D eigenvalue weighted by Crippen LogP contribution is -2.41. The lowest BCUT2D eigenvalue weighted by atomic mass is 9.95. The van der Waals surface area contributed by atoms with Crippen LogP contribution in [0.1, 0.15) is 11.1 Å². The van der Waals surface area contributed by atoms with Crippen molar-refractivity contribution < 1.29 is 9.53 Å². The van der Waals surface area contributed by atoms with Crippen LogP contribution in [0.15, 0.2) is 42.6 Å². The van der Waals surface area contributed by atoms with Crippen LogP contribution in [0.3, 0.4) is 0 Å². The van der Waals surface area contributed by atoms with Gasteiger partial charge in [0.05, 0.1) is 11.5 Å². The third-order valence-corrected chi connectivity index (χ3v) is 6.23.